The molecule has 0 aromatic carbocycles. The molecule has 0 radical (unpaired) electrons. The van der Waals surface area contributed by atoms with Gasteiger partial charge in [0.2, 0.25) is 11.8 Å². The number of halogens is 2. The van der Waals surface area contributed by atoms with Crippen LogP contribution in [0.5, 0.6) is 0 Å². The van der Waals surface area contributed by atoms with Crippen molar-refractivity contribution < 1.29 is 23.5 Å². The number of β-amino-alcohol motifs (C(OH)–C–C–N with tert-alkyl or cyclic N) is 1. The Bertz CT molecular complexity index is 836. The monoisotopic (exact) mass is 420 g/mol. The van der Waals surface area contributed by atoms with Crippen LogP contribution >= 0.6 is 0 Å². The molecule has 4 aliphatic rings. The van der Waals surface area contributed by atoms with E-state index < -0.39 is 23.6 Å². The molecule has 3 aliphatic heterocycles. The molecule has 2 unspecified atom stereocenters. The van der Waals surface area contributed by atoms with Crippen molar-refractivity contribution in [1.82, 2.24) is 19.7 Å². The number of carbonyl (C=O) groups excluding carboxylic acids is 2. The lowest BCUT2D eigenvalue weighted by molar-refractivity contribution is -0.185. The van der Waals surface area contributed by atoms with E-state index in [9.17, 15) is 23.5 Å². The Labute approximate surface area is 173 Å². The van der Waals surface area contributed by atoms with Crippen LogP contribution in [0.2, 0.25) is 0 Å². The van der Waals surface area contributed by atoms with Gasteiger partial charge in [0, 0.05) is 50.9 Å². The predicted molar refractivity (Wildman–Crippen MR) is 102 cm³/mol. The van der Waals surface area contributed by atoms with Crippen LogP contribution in [0.3, 0.4) is 0 Å². The molecule has 4 fully saturated rings. The van der Waals surface area contributed by atoms with Gasteiger partial charge in [-0.1, -0.05) is 6.07 Å². The molecule has 1 aromatic heterocycles. The third kappa shape index (κ3) is 3.14. The van der Waals surface area contributed by atoms with Crippen molar-refractivity contribution in [3.63, 3.8) is 0 Å². The average molecular weight is 420 g/mol. The van der Waals surface area contributed by atoms with Gasteiger partial charge in [0.1, 0.15) is 5.54 Å². The van der Waals surface area contributed by atoms with Gasteiger partial charge >= 0.3 is 0 Å². The largest absolute Gasteiger partial charge is 0.392 e. The van der Waals surface area contributed by atoms with Gasteiger partial charge in [-0.3, -0.25) is 29.3 Å². The van der Waals surface area contributed by atoms with Crippen molar-refractivity contribution in [2.75, 3.05) is 19.6 Å². The van der Waals surface area contributed by atoms with Gasteiger partial charge in [-0.15, -0.1) is 0 Å². The first kappa shape index (κ1) is 20.0. The molecule has 1 aliphatic carbocycles. The average Bonchev–Trinajstić information content (AvgIpc) is 3.08. The molecule has 7 nitrogen and oxygen atoms in total. The number of aliphatic hydroxyl groups is 1. The Morgan fingerprint density at radius 1 is 1.20 bits per heavy atom. The molecule has 2 atom stereocenters. The maximum atomic E-state index is 13.5. The minimum atomic E-state index is -2.59. The van der Waals surface area contributed by atoms with E-state index in [0.29, 0.717) is 38.9 Å². The summed E-state index contributed by atoms with van der Waals surface area (Å²) in [5, 5.41) is 10.2. The molecular weight excluding hydrogens is 394 g/mol. The number of hydrogen-bond donors (Lipinski definition) is 1. The molecule has 1 aromatic rings. The van der Waals surface area contributed by atoms with Gasteiger partial charge < -0.3 is 5.11 Å². The number of fused-ring (bicyclic) bond motifs is 2. The normalized spacial score (nSPS) is 31.8. The lowest BCUT2D eigenvalue weighted by Crippen LogP contribution is -2.82. The number of hydrogen-bond acceptors (Lipinski definition) is 6. The lowest BCUT2D eigenvalue weighted by atomic mass is 9.79. The summed E-state index contributed by atoms with van der Waals surface area (Å²) >= 11 is 0. The summed E-state index contributed by atoms with van der Waals surface area (Å²) in [6.07, 6.45) is 3.54. The first-order valence-electron chi connectivity index (χ1n) is 10.6. The first-order chi connectivity index (χ1) is 14.3. The van der Waals surface area contributed by atoms with Crippen LogP contribution in [0.15, 0.2) is 24.5 Å². The number of piperazine rings is 1. The summed E-state index contributed by atoms with van der Waals surface area (Å²) < 4.78 is 27.1. The van der Waals surface area contributed by atoms with E-state index in [-0.39, 0.29) is 37.2 Å². The lowest BCUT2D eigenvalue weighted by Gasteiger charge is -2.60. The van der Waals surface area contributed by atoms with Crippen LogP contribution in [-0.2, 0) is 16.1 Å². The SMILES string of the molecule is O=C1C2CC(O)CN2C2(CN(C3CCC(F)(F)CC3)C2)C(=O)N1Cc1cccnc1. The van der Waals surface area contributed by atoms with Crippen molar-refractivity contribution >= 4 is 11.8 Å². The van der Waals surface area contributed by atoms with Crippen molar-refractivity contribution in [3.8, 4) is 0 Å². The van der Waals surface area contributed by atoms with Gasteiger partial charge in [0.05, 0.1) is 18.7 Å². The fourth-order valence-corrected chi connectivity index (χ4v) is 5.59. The van der Waals surface area contributed by atoms with Crippen molar-refractivity contribution in [2.24, 2.45) is 0 Å². The summed E-state index contributed by atoms with van der Waals surface area (Å²) in [7, 11) is 0. The number of rotatable bonds is 3. The van der Waals surface area contributed by atoms with Gasteiger partial charge in [-0.05, 0) is 30.9 Å². The number of carbonyl (C=O) groups is 2. The predicted octanol–water partition coefficient (Wildman–Crippen LogP) is 1.02. The van der Waals surface area contributed by atoms with Gasteiger partial charge in [0.15, 0.2) is 0 Å². The van der Waals surface area contributed by atoms with E-state index in [1.807, 2.05) is 11.0 Å². The van der Waals surface area contributed by atoms with Crippen LogP contribution in [0.1, 0.15) is 37.7 Å². The number of alkyl halides is 2. The topological polar surface area (TPSA) is 77.0 Å². The molecule has 2 amide bonds. The third-order valence-electron chi connectivity index (χ3n) is 7.22. The molecule has 1 saturated carbocycles. The van der Waals surface area contributed by atoms with Gasteiger partial charge in [-0.2, -0.15) is 0 Å². The zero-order valence-corrected chi connectivity index (χ0v) is 16.7. The Morgan fingerprint density at radius 2 is 1.93 bits per heavy atom. The number of imide groups is 1. The smallest absolute Gasteiger partial charge is 0.252 e. The van der Waals surface area contributed by atoms with E-state index in [2.05, 4.69) is 9.88 Å². The Balaban J connectivity index is 1.37. The van der Waals surface area contributed by atoms with E-state index in [1.54, 1.807) is 18.5 Å². The van der Waals surface area contributed by atoms with Gasteiger partial charge in [-0.25, -0.2) is 8.78 Å². The number of nitrogens with zero attached hydrogens (tertiary/aromatic N) is 4. The maximum absolute atomic E-state index is 13.5. The molecule has 30 heavy (non-hydrogen) atoms. The van der Waals surface area contributed by atoms with Crippen LogP contribution in [0.4, 0.5) is 8.78 Å². The van der Waals surface area contributed by atoms with Crippen LogP contribution in [0, 0.1) is 0 Å². The minimum Gasteiger partial charge on any atom is -0.392 e. The second-order valence-corrected chi connectivity index (χ2v) is 9.17. The number of aromatic nitrogens is 1. The molecule has 4 heterocycles. The molecule has 1 spiro atoms. The second-order valence-electron chi connectivity index (χ2n) is 9.17. The highest BCUT2D eigenvalue weighted by atomic mass is 19.3. The van der Waals surface area contributed by atoms with E-state index in [4.69, 9.17) is 0 Å². The second kappa shape index (κ2) is 7.03. The van der Waals surface area contributed by atoms with E-state index in [0.717, 1.165) is 5.56 Å². The van der Waals surface area contributed by atoms with Gasteiger partial charge in [0.25, 0.3) is 5.91 Å². The maximum Gasteiger partial charge on any atom is 0.252 e. The zero-order chi connectivity index (χ0) is 21.1. The fraction of sp³-hybridized carbons (Fsp3) is 0.667. The molecule has 1 N–H and O–H groups in total. The Morgan fingerprint density at radius 3 is 2.60 bits per heavy atom. The standard InChI is InChI=1S/C21H26F2N4O3/c22-21(23)5-3-15(4-6-21)25-12-20(13-25)19(30)26(10-14-2-1-7-24-9-14)18(29)17-8-16(28)11-27(17)20/h1-2,7,9,15-17,28H,3-6,8,10-13H2. The summed E-state index contributed by atoms with van der Waals surface area (Å²) in [4.78, 5) is 36.0. The fourth-order valence-electron chi connectivity index (χ4n) is 5.59. The molecule has 9 heteroatoms. The van der Waals surface area contributed by atoms with E-state index in [1.165, 1.54) is 4.90 Å². The van der Waals surface area contributed by atoms with E-state index >= 15 is 0 Å². The third-order valence-corrected chi connectivity index (χ3v) is 7.22. The Hall–Kier alpha value is -1.97. The van der Waals surface area contributed by atoms with Crippen molar-refractivity contribution in [1.29, 1.82) is 0 Å². The van der Waals surface area contributed by atoms with Crippen LogP contribution in [-0.4, -0.2) is 85.9 Å². The summed E-state index contributed by atoms with van der Waals surface area (Å²) in [5.41, 5.74) is -0.0925. The highest BCUT2D eigenvalue weighted by Gasteiger charge is 2.65. The highest BCUT2D eigenvalue weighted by molar-refractivity contribution is 6.06. The number of likely N-dealkylation sites (tertiary alicyclic amines) is 1. The summed E-state index contributed by atoms with van der Waals surface area (Å²) in [6, 6.07) is 3.11. The minimum absolute atomic E-state index is 0.0402. The number of pyridine rings is 1. The quantitative estimate of drug-likeness (QED) is 0.736. The zero-order valence-electron chi connectivity index (χ0n) is 16.7. The Kier molecular flexibility index (Phi) is 4.68. The number of aliphatic hydroxyl groups excluding tert-OH is 1. The first-order valence-corrected chi connectivity index (χ1v) is 10.6. The highest BCUT2D eigenvalue weighted by Crippen LogP contribution is 2.44. The van der Waals surface area contributed by atoms with Crippen LogP contribution in [0.25, 0.3) is 0 Å². The molecule has 3 saturated heterocycles. The van der Waals surface area contributed by atoms with Crippen molar-refractivity contribution in [3.05, 3.63) is 30.1 Å². The summed E-state index contributed by atoms with van der Waals surface area (Å²) in [5.74, 6) is -3.11. The number of amides is 2. The van der Waals surface area contributed by atoms with Crippen molar-refractivity contribution in [2.45, 2.75) is 68.3 Å². The summed E-state index contributed by atoms with van der Waals surface area (Å²) in [6.45, 7) is 1.28. The molecular formula is C21H26F2N4O3. The van der Waals surface area contributed by atoms with Crippen LogP contribution < -0.4 is 0 Å². The molecule has 0 bridgehead atoms. The molecule has 162 valence electrons. The molecule has 5 rings (SSSR count).